The summed E-state index contributed by atoms with van der Waals surface area (Å²) in [6.45, 7) is 2.15. The Kier molecular flexibility index (Phi) is 7.67. The maximum Gasteiger partial charge on any atom is 0.348 e. The molecule has 0 amide bonds. The van der Waals surface area contributed by atoms with Gasteiger partial charge in [-0.25, -0.2) is 19.0 Å². The average molecular weight is 456 g/mol. The third-order valence-corrected chi connectivity index (χ3v) is 5.50. The van der Waals surface area contributed by atoms with E-state index < -0.39 is 17.5 Å². The van der Waals surface area contributed by atoms with E-state index in [0.29, 0.717) is 16.8 Å². The number of rotatable bonds is 7. The third kappa shape index (κ3) is 5.55. The molecule has 0 atom stereocenters. The predicted molar refractivity (Wildman–Crippen MR) is 118 cm³/mol. The summed E-state index contributed by atoms with van der Waals surface area (Å²) in [6, 6.07) is 13.8. The maximum atomic E-state index is 14.0. The first-order valence-corrected chi connectivity index (χ1v) is 10.6. The highest BCUT2D eigenvalue weighted by atomic mass is 32.1. The molecular weight excluding hydrogens is 435 g/mol. The van der Waals surface area contributed by atoms with Gasteiger partial charge in [0.15, 0.2) is 4.80 Å². The van der Waals surface area contributed by atoms with Crippen molar-refractivity contribution >= 4 is 29.0 Å². The van der Waals surface area contributed by atoms with Gasteiger partial charge >= 0.3 is 11.9 Å². The number of nitrogens with zero attached hydrogens (tertiary/aromatic N) is 2. The lowest BCUT2D eigenvalue weighted by atomic mass is 10.1. The zero-order chi connectivity index (χ0) is 23.1. The van der Waals surface area contributed by atoms with E-state index in [9.17, 15) is 18.8 Å². The summed E-state index contributed by atoms with van der Waals surface area (Å²) in [4.78, 5) is 41.4. The minimum atomic E-state index is -0.650. The summed E-state index contributed by atoms with van der Waals surface area (Å²) in [7, 11) is 1.23. The summed E-state index contributed by atoms with van der Waals surface area (Å²) in [5.74, 6) is -1.46. The summed E-state index contributed by atoms with van der Waals surface area (Å²) < 4.78 is 25.1. The second kappa shape index (κ2) is 10.6. The predicted octanol–water partition coefficient (Wildman–Crippen LogP) is 3.49. The molecule has 0 saturated carbocycles. The molecule has 0 aliphatic carbocycles. The van der Waals surface area contributed by atoms with Gasteiger partial charge in [0, 0.05) is 12.6 Å². The molecule has 0 spiro atoms. The van der Waals surface area contributed by atoms with E-state index in [0.717, 1.165) is 11.3 Å². The molecule has 1 aromatic heterocycles. The lowest BCUT2D eigenvalue weighted by molar-refractivity contribution is 0.0525. The molecule has 2 aromatic carbocycles. The molecule has 0 bridgehead atoms. The van der Waals surface area contributed by atoms with E-state index in [1.54, 1.807) is 49.4 Å². The Hall–Kier alpha value is -3.59. The summed E-state index contributed by atoms with van der Waals surface area (Å²) >= 11 is 0.985. The number of ether oxygens (including phenoxy) is 2. The fourth-order valence-electron chi connectivity index (χ4n) is 2.89. The van der Waals surface area contributed by atoms with Crippen LogP contribution in [0.4, 0.5) is 10.1 Å². The number of esters is 2. The van der Waals surface area contributed by atoms with Gasteiger partial charge in [0.1, 0.15) is 10.7 Å². The Bertz CT molecular complexity index is 1250. The van der Waals surface area contributed by atoms with Crippen molar-refractivity contribution < 1.29 is 23.5 Å². The lowest BCUT2D eigenvalue weighted by Crippen LogP contribution is -2.33. The van der Waals surface area contributed by atoms with Gasteiger partial charge in [-0.15, -0.1) is 0 Å². The quantitative estimate of drug-likeness (QED) is 0.508. The summed E-state index contributed by atoms with van der Waals surface area (Å²) in [6.07, 6.45) is 0.265. The highest BCUT2D eigenvalue weighted by Gasteiger charge is 2.13. The van der Waals surface area contributed by atoms with E-state index in [1.807, 2.05) is 0 Å². The number of methoxy groups -OCH3 is 1. The van der Waals surface area contributed by atoms with Gasteiger partial charge in [-0.3, -0.25) is 9.36 Å². The van der Waals surface area contributed by atoms with E-state index >= 15 is 0 Å². The molecule has 9 heteroatoms. The van der Waals surface area contributed by atoms with Crippen LogP contribution in [0.1, 0.15) is 32.5 Å². The number of aryl methyl sites for hydroxylation is 1. The average Bonchev–Trinajstić information content (AvgIpc) is 2.79. The molecule has 3 rings (SSSR count). The van der Waals surface area contributed by atoms with Gasteiger partial charge in [0.25, 0.3) is 5.56 Å². The molecule has 0 saturated heterocycles. The molecule has 166 valence electrons. The molecule has 0 fully saturated rings. The van der Waals surface area contributed by atoms with Crippen LogP contribution in [-0.4, -0.2) is 30.2 Å². The standard InChI is InChI=1S/C23H21FN2O5S/c1-3-31-21(28)16-8-10-17(11-9-16)25-23-26(13-12-15-6-4-5-7-18(15)24)20(27)14-19(32-23)22(29)30-2/h4-11,14H,3,12-13H2,1-2H3. The summed E-state index contributed by atoms with van der Waals surface area (Å²) in [5, 5.41) is 0. The molecule has 1 heterocycles. The lowest BCUT2D eigenvalue weighted by Gasteiger charge is -2.08. The van der Waals surface area contributed by atoms with Crippen LogP contribution in [0, 0.1) is 5.82 Å². The van der Waals surface area contributed by atoms with Crippen LogP contribution in [0.25, 0.3) is 0 Å². The van der Waals surface area contributed by atoms with Crippen LogP contribution in [0.2, 0.25) is 0 Å². The van der Waals surface area contributed by atoms with Gasteiger partial charge in [0.2, 0.25) is 0 Å². The van der Waals surface area contributed by atoms with E-state index in [2.05, 4.69) is 4.99 Å². The van der Waals surface area contributed by atoms with Gasteiger partial charge < -0.3 is 9.47 Å². The van der Waals surface area contributed by atoms with Gasteiger partial charge in [-0.1, -0.05) is 29.5 Å². The van der Waals surface area contributed by atoms with Crippen LogP contribution >= 0.6 is 11.3 Å². The number of halogens is 1. The molecule has 7 nitrogen and oxygen atoms in total. The van der Waals surface area contributed by atoms with Crippen molar-refractivity contribution in [2.45, 2.75) is 19.9 Å². The molecular formula is C23H21FN2O5S. The Morgan fingerprint density at radius 3 is 2.47 bits per heavy atom. The molecule has 32 heavy (non-hydrogen) atoms. The highest BCUT2D eigenvalue weighted by molar-refractivity contribution is 7.11. The van der Waals surface area contributed by atoms with E-state index in [-0.39, 0.29) is 35.1 Å². The smallest absolute Gasteiger partial charge is 0.348 e. The number of hydrogen-bond acceptors (Lipinski definition) is 7. The number of hydrogen-bond donors (Lipinski definition) is 0. The number of carbonyl (C=O) groups is 2. The first kappa shape index (κ1) is 23.1. The van der Waals surface area contributed by atoms with Crippen molar-refractivity contribution in [2.75, 3.05) is 13.7 Å². The minimum Gasteiger partial charge on any atom is -0.465 e. The molecule has 0 unspecified atom stereocenters. The van der Waals surface area contributed by atoms with Crippen molar-refractivity contribution in [3.63, 3.8) is 0 Å². The van der Waals surface area contributed by atoms with Crippen molar-refractivity contribution in [3.05, 3.63) is 91.6 Å². The monoisotopic (exact) mass is 456 g/mol. The Morgan fingerprint density at radius 2 is 1.81 bits per heavy atom. The van der Waals surface area contributed by atoms with Crippen LogP contribution in [0.3, 0.4) is 0 Å². The van der Waals surface area contributed by atoms with E-state index in [1.165, 1.54) is 23.8 Å². The fraction of sp³-hybridized carbons (Fsp3) is 0.217. The highest BCUT2D eigenvalue weighted by Crippen LogP contribution is 2.14. The number of carbonyl (C=O) groups excluding carboxylic acids is 2. The van der Waals surface area contributed by atoms with Crippen molar-refractivity contribution in [1.29, 1.82) is 0 Å². The van der Waals surface area contributed by atoms with Crippen LogP contribution in [-0.2, 0) is 22.4 Å². The van der Waals surface area contributed by atoms with E-state index in [4.69, 9.17) is 9.47 Å². The first-order valence-electron chi connectivity index (χ1n) is 9.81. The minimum absolute atomic E-state index is 0.0986. The molecule has 0 aliphatic rings. The largest absolute Gasteiger partial charge is 0.465 e. The zero-order valence-corrected chi connectivity index (χ0v) is 18.4. The Balaban J connectivity index is 2.02. The third-order valence-electron chi connectivity index (χ3n) is 4.51. The van der Waals surface area contributed by atoms with Gasteiger partial charge in [0.05, 0.1) is 25.0 Å². The van der Waals surface area contributed by atoms with Crippen LogP contribution in [0.15, 0.2) is 64.4 Å². The Labute approximate surface area is 187 Å². The maximum absolute atomic E-state index is 14.0. The molecule has 3 aromatic rings. The molecule has 0 N–H and O–H groups in total. The second-order valence-electron chi connectivity index (χ2n) is 6.60. The van der Waals surface area contributed by atoms with Crippen LogP contribution < -0.4 is 10.4 Å². The SMILES string of the molecule is CCOC(=O)c1ccc(N=c2sc(C(=O)OC)cc(=O)n2CCc2ccccc2F)cc1. The normalized spacial score (nSPS) is 11.3. The number of benzene rings is 2. The first-order chi connectivity index (χ1) is 15.4. The van der Waals surface area contributed by atoms with Crippen molar-refractivity contribution in [2.24, 2.45) is 4.99 Å². The zero-order valence-electron chi connectivity index (χ0n) is 17.5. The van der Waals surface area contributed by atoms with Crippen molar-refractivity contribution in [3.8, 4) is 0 Å². The van der Waals surface area contributed by atoms with Gasteiger partial charge in [-0.05, 0) is 49.2 Å². The molecule has 0 aliphatic heterocycles. The Morgan fingerprint density at radius 1 is 1.09 bits per heavy atom. The van der Waals surface area contributed by atoms with Crippen LogP contribution in [0.5, 0.6) is 0 Å². The topological polar surface area (TPSA) is 87.0 Å². The fourth-order valence-corrected chi connectivity index (χ4v) is 3.85. The number of aromatic nitrogens is 1. The van der Waals surface area contributed by atoms with Crippen molar-refractivity contribution in [1.82, 2.24) is 4.57 Å². The summed E-state index contributed by atoms with van der Waals surface area (Å²) in [5.41, 5.74) is 0.846. The molecule has 0 radical (unpaired) electrons. The second-order valence-corrected chi connectivity index (χ2v) is 7.60. The van der Waals surface area contributed by atoms with Gasteiger partial charge in [-0.2, -0.15) is 0 Å².